The summed E-state index contributed by atoms with van der Waals surface area (Å²) in [5, 5.41) is 3.65. The second-order valence-electron chi connectivity index (χ2n) is 6.61. The molecule has 4 aromatic rings. The zero-order valence-corrected chi connectivity index (χ0v) is 15.6. The van der Waals surface area contributed by atoms with Gasteiger partial charge in [-0.2, -0.15) is 0 Å². The number of aromatic amines is 1. The molecule has 0 aliphatic heterocycles. The van der Waals surface area contributed by atoms with Crippen LogP contribution in [-0.4, -0.2) is 21.7 Å². The van der Waals surface area contributed by atoms with Gasteiger partial charge in [0, 0.05) is 11.8 Å². The molecule has 4 N–H and O–H groups in total. The quantitative estimate of drug-likeness (QED) is 0.448. The number of ether oxygens (including phenoxy) is 1. The lowest BCUT2D eigenvalue weighted by Gasteiger charge is -2.12. The van der Waals surface area contributed by atoms with Crippen molar-refractivity contribution in [2.75, 3.05) is 17.8 Å². The first-order valence-corrected chi connectivity index (χ1v) is 8.84. The van der Waals surface area contributed by atoms with E-state index >= 15 is 0 Å². The number of benzene rings is 2. The number of nitrogens with one attached hydrogen (secondary N) is 2. The molecule has 0 aliphatic rings. The highest BCUT2D eigenvalue weighted by Gasteiger charge is 2.13. The third kappa shape index (κ3) is 3.34. The summed E-state index contributed by atoms with van der Waals surface area (Å²) >= 11 is 0. The van der Waals surface area contributed by atoms with E-state index < -0.39 is 0 Å². The molecule has 0 saturated heterocycles. The first-order valence-electron chi connectivity index (χ1n) is 8.84. The lowest BCUT2D eigenvalue weighted by atomic mass is 10.1. The fraction of sp³-hybridized carbons (Fsp3) is 0.143. The van der Waals surface area contributed by atoms with Crippen molar-refractivity contribution in [1.82, 2.24) is 15.0 Å². The minimum Gasteiger partial charge on any atom is -0.473 e. The first kappa shape index (κ1) is 17.8. The molecule has 0 bridgehead atoms. The zero-order valence-electron chi connectivity index (χ0n) is 15.6. The second-order valence-corrected chi connectivity index (χ2v) is 6.61. The number of aromatic nitrogens is 3. The van der Waals surface area contributed by atoms with E-state index in [4.69, 9.17) is 10.5 Å². The smallest absolute Gasteiger partial charge is 0.159 e. The normalized spacial score (nSPS) is 11.0. The van der Waals surface area contributed by atoms with Crippen molar-refractivity contribution in [2.45, 2.75) is 13.8 Å². The highest BCUT2D eigenvalue weighted by Crippen LogP contribution is 2.32. The summed E-state index contributed by atoms with van der Waals surface area (Å²) in [6, 6.07) is 10.9. The first-order chi connectivity index (χ1) is 13.5. The molecule has 0 saturated carbocycles. The van der Waals surface area contributed by atoms with Crippen molar-refractivity contribution < 1.29 is 9.13 Å². The van der Waals surface area contributed by atoms with Gasteiger partial charge in [0.1, 0.15) is 29.4 Å². The molecule has 0 fully saturated rings. The SMILES string of the molecule is Cc1ccc(OCNc2ccc(-c3c[nH]c4ncnc(N)c34)cc2F)c(C)c1. The van der Waals surface area contributed by atoms with Crippen LogP contribution >= 0.6 is 0 Å². The van der Waals surface area contributed by atoms with E-state index in [2.05, 4.69) is 20.3 Å². The van der Waals surface area contributed by atoms with Crippen molar-refractivity contribution in [1.29, 1.82) is 0 Å². The molecule has 0 radical (unpaired) electrons. The Morgan fingerprint density at radius 2 is 2.00 bits per heavy atom. The van der Waals surface area contributed by atoms with Crippen molar-refractivity contribution in [3.63, 3.8) is 0 Å². The number of nitrogens with zero attached hydrogens (tertiary/aromatic N) is 2. The van der Waals surface area contributed by atoms with Gasteiger partial charge in [-0.05, 0) is 43.2 Å². The van der Waals surface area contributed by atoms with Gasteiger partial charge < -0.3 is 20.8 Å². The Hall–Kier alpha value is -3.61. The Morgan fingerprint density at radius 1 is 1.14 bits per heavy atom. The molecule has 142 valence electrons. The van der Waals surface area contributed by atoms with Gasteiger partial charge >= 0.3 is 0 Å². The molecule has 0 spiro atoms. The van der Waals surface area contributed by atoms with Crippen LogP contribution in [0.1, 0.15) is 11.1 Å². The lowest BCUT2D eigenvalue weighted by Crippen LogP contribution is -2.10. The summed E-state index contributed by atoms with van der Waals surface area (Å²) < 4.78 is 20.3. The predicted octanol–water partition coefficient (Wildman–Crippen LogP) is 4.41. The minimum atomic E-state index is -0.383. The van der Waals surface area contributed by atoms with Crippen LogP contribution in [-0.2, 0) is 0 Å². The largest absolute Gasteiger partial charge is 0.473 e. The number of halogens is 1. The monoisotopic (exact) mass is 377 g/mol. The van der Waals surface area contributed by atoms with Gasteiger partial charge in [-0.1, -0.05) is 23.8 Å². The Bertz CT molecular complexity index is 1150. The van der Waals surface area contributed by atoms with Gasteiger partial charge in [0.25, 0.3) is 0 Å². The third-order valence-corrected chi connectivity index (χ3v) is 4.60. The van der Waals surface area contributed by atoms with Crippen LogP contribution in [0.15, 0.2) is 48.9 Å². The van der Waals surface area contributed by atoms with Gasteiger partial charge in [-0.25, -0.2) is 14.4 Å². The Morgan fingerprint density at radius 3 is 2.79 bits per heavy atom. The maximum absolute atomic E-state index is 14.6. The molecule has 4 rings (SSSR count). The fourth-order valence-corrected chi connectivity index (χ4v) is 3.19. The summed E-state index contributed by atoms with van der Waals surface area (Å²) in [5.41, 5.74) is 10.6. The van der Waals surface area contributed by atoms with Crippen LogP contribution in [0.3, 0.4) is 0 Å². The van der Waals surface area contributed by atoms with Crippen LogP contribution in [0.25, 0.3) is 22.2 Å². The van der Waals surface area contributed by atoms with E-state index in [9.17, 15) is 4.39 Å². The minimum absolute atomic E-state index is 0.161. The Kier molecular flexibility index (Phi) is 4.57. The molecule has 0 amide bonds. The van der Waals surface area contributed by atoms with Crippen LogP contribution in [0.5, 0.6) is 5.75 Å². The van der Waals surface area contributed by atoms with E-state index in [1.54, 1.807) is 12.3 Å². The average molecular weight is 377 g/mol. The van der Waals surface area contributed by atoms with E-state index in [1.807, 2.05) is 38.1 Å². The number of hydrogen-bond donors (Lipinski definition) is 3. The van der Waals surface area contributed by atoms with E-state index in [0.717, 1.165) is 16.9 Å². The van der Waals surface area contributed by atoms with E-state index in [-0.39, 0.29) is 12.5 Å². The predicted molar refractivity (Wildman–Crippen MR) is 109 cm³/mol. The van der Waals surface area contributed by atoms with Crippen molar-refractivity contribution in [2.24, 2.45) is 0 Å². The molecule has 2 aromatic heterocycles. The van der Waals surface area contributed by atoms with Crippen LogP contribution in [0.4, 0.5) is 15.9 Å². The number of hydrogen-bond acceptors (Lipinski definition) is 5. The van der Waals surface area contributed by atoms with E-state index in [1.165, 1.54) is 18.0 Å². The number of rotatable bonds is 5. The molecule has 0 unspecified atom stereocenters. The standard InChI is InChI=1S/C21H20FN5O/c1-12-3-6-18(13(2)7-12)28-11-27-17-5-4-14(8-16(17)22)15-9-24-21-19(15)20(23)25-10-26-21/h3-10,27H,11H2,1-2H3,(H3,23,24,25,26). The molecule has 2 heterocycles. The molecule has 2 aromatic carbocycles. The zero-order chi connectivity index (χ0) is 19.7. The van der Waals surface area contributed by atoms with Gasteiger partial charge in [0.05, 0.1) is 11.1 Å². The molecule has 7 heteroatoms. The average Bonchev–Trinajstić information content (AvgIpc) is 3.10. The van der Waals surface area contributed by atoms with Crippen LogP contribution in [0.2, 0.25) is 0 Å². The Balaban J connectivity index is 1.51. The number of aryl methyl sites for hydroxylation is 2. The van der Waals surface area contributed by atoms with E-state index in [0.29, 0.717) is 28.1 Å². The van der Waals surface area contributed by atoms with Crippen molar-refractivity contribution in [3.05, 3.63) is 65.9 Å². The molecular formula is C21H20FN5O. The fourth-order valence-electron chi connectivity index (χ4n) is 3.19. The lowest BCUT2D eigenvalue weighted by molar-refractivity contribution is 0.343. The topological polar surface area (TPSA) is 88.8 Å². The number of nitrogen functional groups attached to an aromatic ring is 1. The third-order valence-electron chi connectivity index (χ3n) is 4.60. The highest BCUT2D eigenvalue weighted by atomic mass is 19.1. The molecule has 28 heavy (non-hydrogen) atoms. The maximum Gasteiger partial charge on any atom is 0.159 e. The molecular weight excluding hydrogens is 357 g/mol. The molecule has 0 aliphatic carbocycles. The molecule has 0 atom stereocenters. The van der Waals surface area contributed by atoms with Crippen LogP contribution in [0, 0.1) is 19.7 Å². The number of H-pyrrole nitrogens is 1. The van der Waals surface area contributed by atoms with Crippen molar-refractivity contribution >= 4 is 22.5 Å². The summed E-state index contributed by atoms with van der Waals surface area (Å²) in [4.78, 5) is 11.2. The van der Waals surface area contributed by atoms with Gasteiger partial charge in [0.2, 0.25) is 0 Å². The molecule has 6 nitrogen and oxygen atoms in total. The summed E-state index contributed by atoms with van der Waals surface area (Å²) in [5.74, 6) is 0.738. The summed E-state index contributed by atoms with van der Waals surface area (Å²) in [6.07, 6.45) is 3.14. The van der Waals surface area contributed by atoms with Gasteiger partial charge in [0.15, 0.2) is 6.73 Å². The highest BCUT2D eigenvalue weighted by molar-refractivity contribution is 6.00. The number of anilines is 2. The number of fused-ring (bicyclic) bond motifs is 1. The van der Waals surface area contributed by atoms with Gasteiger partial charge in [-0.15, -0.1) is 0 Å². The maximum atomic E-state index is 14.6. The van der Waals surface area contributed by atoms with Crippen LogP contribution < -0.4 is 15.8 Å². The van der Waals surface area contributed by atoms with Crippen molar-refractivity contribution in [3.8, 4) is 16.9 Å². The summed E-state index contributed by atoms with van der Waals surface area (Å²) in [6.45, 7) is 4.17. The number of nitrogens with two attached hydrogens (primary N) is 1. The Labute approximate surface area is 161 Å². The van der Waals surface area contributed by atoms with Gasteiger partial charge in [-0.3, -0.25) is 0 Å². The summed E-state index contributed by atoms with van der Waals surface area (Å²) in [7, 11) is 0. The second kappa shape index (κ2) is 7.19.